The van der Waals surface area contributed by atoms with Gasteiger partial charge in [-0.3, -0.25) is 28.2 Å². The fraction of sp³-hybridized carbons (Fsp3) is 0.938. The van der Waals surface area contributed by atoms with Gasteiger partial charge >= 0.3 is 31.7 Å². The number of esters is 4. The lowest BCUT2D eigenvalue weighted by Crippen LogP contribution is -2.70. The second-order valence-corrected chi connectivity index (χ2v) is 37.6. The lowest BCUT2D eigenvalue weighted by atomic mass is 9.84. The summed E-state index contributed by atoms with van der Waals surface area (Å²) in [6.45, 7) is 10.3. The van der Waals surface area contributed by atoms with Crippen molar-refractivity contribution in [1.82, 2.24) is 0 Å². The first-order valence-corrected chi connectivity index (χ1v) is 51.2. The number of carbonyl (C=O) groups excluding carboxylic acids is 4. The summed E-state index contributed by atoms with van der Waals surface area (Å²) in [6, 6.07) is 0. The van der Waals surface area contributed by atoms with Crippen LogP contribution in [0.2, 0.25) is 0 Å². The molecule has 20 unspecified atom stereocenters. The van der Waals surface area contributed by atoms with Crippen molar-refractivity contribution in [2.24, 2.45) is 11.8 Å². The van der Waals surface area contributed by atoms with Crippen molar-refractivity contribution in [2.75, 3.05) is 26.4 Å². The van der Waals surface area contributed by atoms with Gasteiger partial charge in [0, 0.05) is 25.7 Å². The molecular weight excluding hydrogens is 1580 g/mol. The third-order valence-corrected chi connectivity index (χ3v) is 25.8. The third kappa shape index (κ3) is 52.8. The molecule has 0 spiro atoms. The topological polar surface area (TPSA) is 380 Å². The van der Waals surface area contributed by atoms with E-state index in [2.05, 4.69) is 53.7 Å². The van der Waals surface area contributed by atoms with Crippen LogP contribution in [0, 0.1) is 11.8 Å². The zero-order valence-electron chi connectivity index (χ0n) is 77.1. The number of phosphoric ester groups is 1. The van der Waals surface area contributed by atoms with E-state index < -0.39 is 162 Å². The monoisotopic (exact) mass is 1760 g/mol. The molecule has 718 valence electrons. The lowest BCUT2D eigenvalue weighted by Gasteiger charge is -2.50. The van der Waals surface area contributed by atoms with Crippen molar-refractivity contribution >= 4 is 31.7 Å². The highest BCUT2D eigenvalue weighted by Gasteiger charge is 2.60. The lowest BCUT2D eigenvalue weighted by molar-refractivity contribution is -0.360. The van der Waals surface area contributed by atoms with Crippen LogP contribution in [0.4, 0.5) is 0 Å². The maximum Gasteiger partial charge on any atom is 0.472 e. The number of aliphatic hydroxyl groups excluding tert-OH is 9. The smallest absolute Gasteiger partial charge is 0.463 e. The zero-order valence-corrected chi connectivity index (χ0v) is 78.0. The fourth-order valence-corrected chi connectivity index (χ4v) is 17.7. The van der Waals surface area contributed by atoms with Gasteiger partial charge in [-0.25, -0.2) is 4.57 Å². The molecule has 122 heavy (non-hydrogen) atoms. The minimum atomic E-state index is -5.81. The van der Waals surface area contributed by atoms with Gasteiger partial charge in [-0.15, -0.1) is 0 Å². The van der Waals surface area contributed by atoms with Crippen LogP contribution in [0.3, 0.4) is 0 Å². The van der Waals surface area contributed by atoms with Crippen LogP contribution in [0.1, 0.15) is 433 Å². The SMILES string of the molecule is CCCCCC/C=C\CCCCCCCCCC(=O)OC1C(O)C(O)C(OC2OC(CO)C(O)C(O)C2O)C(OP(=O)(O)OCC(COC(=O)CCCCCCCCCCCCCCCCCC)OC(=O)CCCCCCCCC(C)CCCCCCCC)C1OC1OC(COC(=O)CCCCCCCCC(C)CCCCCCCC)C(O)C(O)C1O. The van der Waals surface area contributed by atoms with E-state index in [-0.39, 0.29) is 25.7 Å². The number of hydrogen-bond donors (Lipinski definition) is 10. The summed E-state index contributed by atoms with van der Waals surface area (Å²) in [5, 5.41) is 103. The molecule has 1 aliphatic carbocycles. The minimum absolute atomic E-state index is 0.0150. The Morgan fingerprint density at radius 3 is 1.07 bits per heavy atom. The standard InChI is InChI=1S/C96H179O25P/c1-7-11-15-19-23-25-27-29-31-33-34-36-38-40-50-58-66-79(98)112-71-76(115-81(100)68-60-53-45-43-49-57-65-75(6)63-55-47-22-18-14-10-4)72-114-122(110,111)121-94-92(119-95-89(108)85(104)83(102)77(70-97)116-95)88(107)87(106)91(118-82(101)69-61-52-41-39-37-35-32-30-28-26-24-20-16-12-8-2)93(94)120-96-90(109)86(105)84(103)78(117-96)73-113-80(99)67-59-51-44-42-48-56-64-74(5)62-54-46-21-17-13-9-3/h26,28,74-78,83-97,102-109H,7-25,27,29-73H2,1-6H3,(H,110,111)/b28-26-. The predicted molar refractivity (Wildman–Crippen MR) is 476 cm³/mol. The predicted octanol–water partition coefficient (Wildman–Crippen LogP) is 19.2. The Bertz CT molecular complexity index is 2610. The van der Waals surface area contributed by atoms with Crippen molar-refractivity contribution in [3.05, 3.63) is 12.2 Å². The van der Waals surface area contributed by atoms with Gasteiger partial charge in [0.1, 0.15) is 92.6 Å². The molecular formula is C96H179O25P. The average Bonchev–Trinajstić information content (AvgIpc) is 0.753. The molecule has 0 aromatic rings. The number of ether oxygens (including phenoxy) is 8. The molecule has 10 N–H and O–H groups in total. The summed E-state index contributed by atoms with van der Waals surface area (Å²) >= 11 is 0. The second kappa shape index (κ2) is 72.9. The van der Waals surface area contributed by atoms with E-state index in [1.807, 2.05) is 0 Å². The van der Waals surface area contributed by atoms with Gasteiger partial charge in [0.25, 0.3) is 0 Å². The van der Waals surface area contributed by atoms with E-state index in [1.54, 1.807) is 0 Å². The molecule has 1 saturated carbocycles. The number of carbonyl (C=O) groups is 4. The molecule has 0 radical (unpaired) electrons. The van der Waals surface area contributed by atoms with Crippen LogP contribution in [0.25, 0.3) is 0 Å². The van der Waals surface area contributed by atoms with E-state index in [9.17, 15) is 74.6 Å². The first kappa shape index (κ1) is 113. The van der Waals surface area contributed by atoms with Crippen molar-refractivity contribution < 1.29 is 122 Å². The Labute approximate surface area is 737 Å². The number of rotatable bonds is 80. The Hall–Kier alpha value is -2.79. The highest BCUT2D eigenvalue weighted by Crippen LogP contribution is 2.49. The molecule has 0 aromatic carbocycles. The molecule has 2 saturated heterocycles. The van der Waals surface area contributed by atoms with Crippen LogP contribution in [0.5, 0.6) is 0 Å². The first-order valence-electron chi connectivity index (χ1n) is 49.7. The van der Waals surface area contributed by atoms with Gasteiger partial charge < -0.3 is 88.7 Å². The van der Waals surface area contributed by atoms with Gasteiger partial charge in [-0.1, -0.05) is 368 Å². The summed E-state index contributed by atoms with van der Waals surface area (Å²) in [5.74, 6) is -1.60. The van der Waals surface area contributed by atoms with Crippen LogP contribution in [-0.4, -0.2) is 205 Å². The van der Waals surface area contributed by atoms with E-state index in [0.717, 1.165) is 141 Å². The van der Waals surface area contributed by atoms with E-state index in [1.165, 1.54) is 193 Å². The normalized spacial score (nSPS) is 25.0. The highest BCUT2D eigenvalue weighted by atomic mass is 31.2. The maximum atomic E-state index is 15.0. The summed E-state index contributed by atoms with van der Waals surface area (Å²) < 4.78 is 73.7. The molecule has 20 atom stereocenters. The third-order valence-electron chi connectivity index (χ3n) is 24.8. The number of allylic oxidation sites excluding steroid dienone is 2. The van der Waals surface area contributed by atoms with Crippen LogP contribution in [0.15, 0.2) is 12.2 Å². The largest absolute Gasteiger partial charge is 0.472 e. The molecule has 25 nitrogen and oxygen atoms in total. The number of unbranched alkanes of at least 4 members (excludes halogenated alkanes) is 46. The molecule has 3 rings (SSSR count). The summed E-state index contributed by atoms with van der Waals surface area (Å²) in [5.41, 5.74) is 0. The molecule has 2 heterocycles. The van der Waals surface area contributed by atoms with Crippen LogP contribution in [-0.2, 0) is 70.7 Å². The first-order chi connectivity index (χ1) is 59.0. The van der Waals surface area contributed by atoms with E-state index >= 15 is 0 Å². The van der Waals surface area contributed by atoms with E-state index in [4.69, 9.17) is 46.9 Å². The highest BCUT2D eigenvalue weighted by molar-refractivity contribution is 7.47. The summed E-state index contributed by atoms with van der Waals surface area (Å²) in [7, 11) is -5.81. The minimum Gasteiger partial charge on any atom is -0.463 e. The van der Waals surface area contributed by atoms with Gasteiger partial charge in [-0.2, -0.15) is 0 Å². The summed E-state index contributed by atoms with van der Waals surface area (Å²) in [6.07, 6.45) is 30.4. The molecule has 2 aliphatic heterocycles. The van der Waals surface area contributed by atoms with Gasteiger partial charge in [-0.05, 0) is 63.2 Å². The Balaban J connectivity index is 1.91. The number of phosphoric acid groups is 1. The number of hydrogen-bond acceptors (Lipinski definition) is 24. The molecule has 3 aliphatic rings. The molecule has 0 bridgehead atoms. The van der Waals surface area contributed by atoms with Crippen molar-refractivity contribution in [1.29, 1.82) is 0 Å². The Morgan fingerprint density at radius 2 is 0.664 bits per heavy atom. The van der Waals surface area contributed by atoms with Crippen molar-refractivity contribution in [2.45, 2.75) is 537 Å². The average molecular weight is 1760 g/mol. The number of aliphatic hydroxyl groups is 9. The molecule has 3 fully saturated rings. The quantitative estimate of drug-likeness (QED) is 0.00889. The maximum absolute atomic E-state index is 15.0. The van der Waals surface area contributed by atoms with Crippen molar-refractivity contribution in [3.8, 4) is 0 Å². The zero-order chi connectivity index (χ0) is 89.2. The molecule has 26 heteroatoms. The van der Waals surface area contributed by atoms with Crippen molar-refractivity contribution in [3.63, 3.8) is 0 Å². The second-order valence-electron chi connectivity index (χ2n) is 36.2. The van der Waals surface area contributed by atoms with Gasteiger partial charge in [0.05, 0.1) is 13.2 Å². The van der Waals surface area contributed by atoms with Gasteiger partial charge in [0.15, 0.2) is 24.8 Å². The summed E-state index contributed by atoms with van der Waals surface area (Å²) in [4.78, 5) is 66.7. The van der Waals surface area contributed by atoms with E-state index in [0.29, 0.717) is 43.9 Å². The molecule has 0 aromatic heterocycles. The van der Waals surface area contributed by atoms with Crippen LogP contribution >= 0.6 is 7.82 Å². The fourth-order valence-electron chi connectivity index (χ4n) is 16.7. The van der Waals surface area contributed by atoms with Gasteiger partial charge in [0.2, 0.25) is 0 Å². The van der Waals surface area contributed by atoms with Crippen LogP contribution < -0.4 is 0 Å². The Morgan fingerprint density at radius 1 is 0.344 bits per heavy atom. The molecule has 0 amide bonds. The Kier molecular flexibility index (Phi) is 67.8.